The van der Waals surface area contributed by atoms with Crippen LogP contribution in [-0.2, 0) is 17.9 Å². The van der Waals surface area contributed by atoms with Crippen molar-refractivity contribution in [1.29, 1.82) is 5.41 Å². The van der Waals surface area contributed by atoms with Crippen LogP contribution in [-0.4, -0.2) is 46.8 Å². The van der Waals surface area contributed by atoms with Crippen LogP contribution < -0.4 is 10.6 Å². The van der Waals surface area contributed by atoms with Gasteiger partial charge in [0.1, 0.15) is 0 Å². The van der Waals surface area contributed by atoms with Gasteiger partial charge in [0.25, 0.3) is 0 Å². The van der Waals surface area contributed by atoms with Crippen molar-refractivity contribution in [3.8, 4) is 0 Å². The van der Waals surface area contributed by atoms with Gasteiger partial charge in [0, 0.05) is 32.1 Å². The minimum absolute atomic E-state index is 0.0137. The number of amides is 3. The topological polar surface area (TPSA) is 88.5 Å². The number of rotatable bonds is 11. The number of urea groups is 1. The molecule has 3 fully saturated rings. The number of hydrogen-bond acceptors (Lipinski definition) is 3. The summed E-state index contributed by atoms with van der Waals surface area (Å²) >= 11 is 0. The van der Waals surface area contributed by atoms with Gasteiger partial charge in [-0.2, -0.15) is 0 Å². The zero-order chi connectivity index (χ0) is 26.7. The molecule has 0 spiro atoms. The molecule has 1 atom stereocenters. The van der Waals surface area contributed by atoms with E-state index in [1.54, 1.807) is 4.90 Å². The molecular weight excluding hydrogens is 474 g/mol. The molecule has 2 aliphatic carbocycles. The smallest absolute Gasteiger partial charge is 0.318 e. The van der Waals surface area contributed by atoms with E-state index in [1.807, 2.05) is 17.0 Å². The van der Waals surface area contributed by atoms with Gasteiger partial charge < -0.3 is 15.5 Å². The summed E-state index contributed by atoms with van der Waals surface area (Å²) in [6.45, 7) is 4.67. The van der Waals surface area contributed by atoms with Crippen LogP contribution >= 0.6 is 0 Å². The van der Waals surface area contributed by atoms with Gasteiger partial charge in [-0.1, -0.05) is 89.0 Å². The van der Waals surface area contributed by atoms with E-state index in [1.165, 1.54) is 64.2 Å². The fraction of sp³-hybridized carbons (Fsp3) is 0.710. The van der Waals surface area contributed by atoms with Gasteiger partial charge in [0.05, 0.1) is 6.54 Å². The molecule has 0 radical (unpaired) electrons. The van der Waals surface area contributed by atoms with Crippen LogP contribution in [0.4, 0.5) is 4.79 Å². The highest BCUT2D eigenvalue weighted by Gasteiger charge is 2.28. The summed E-state index contributed by atoms with van der Waals surface area (Å²) < 4.78 is 0. The lowest BCUT2D eigenvalue weighted by atomic mass is 9.86. The number of nitrogens with zero attached hydrogens (tertiary/aromatic N) is 2. The first-order valence-electron chi connectivity index (χ1n) is 15.3. The Bertz CT molecular complexity index is 871. The Morgan fingerprint density at radius 3 is 2.26 bits per heavy atom. The van der Waals surface area contributed by atoms with Gasteiger partial charge in [-0.15, -0.1) is 0 Å². The van der Waals surface area contributed by atoms with Crippen LogP contribution in [0, 0.1) is 17.2 Å². The Hall–Kier alpha value is -2.57. The standard InChI is InChI=1S/C31H49N5O2/c1-2-9-28-23-35(31(38)34-28)21-26-14-16-27(17-15-26)22-36(29(37)19-18-24-10-5-3-6-11-24)30(32)33-20-25-12-7-4-8-13-25/h14-17,24-25,28H,2-13,18-23H2,1H3,(H2,32,33)(H,34,38)/t28-/m0/s1. The molecule has 1 saturated heterocycles. The lowest BCUT2D eigenvalue weighted by Crippen LogP contribution is -2.45. The molecule has 1 aromatic carbocycles. The zero-order valence-corrected chi connectivity index (χ0v) is 23.5. The molecule has 210 valence electrons. The van der Waals surface area contributed by atoms with Crippen molar-refractivity contribution in [1.82, 2.24) is 20.4 Å². The first kappa shape index (κ1) is 28.4. The molecule has 1 heterocycles. The maximum atomic E-state index is 13.4. The summed E-state index contributed by atoms with van der Waals surface area (Å²) in [4.78, 5) is 29.2. The van der Waals surface area contributed by atoms with Crippen molar-refractivity contribution in [2.75, 3.05) is 13.1 Å². The van der Waals surface area contributed by atoms with Crippen molar-refractivity contribution in [3.63, 3.8) is 0 Å². The van der Waals surface area contributed by atoms with Gasteiger partial charge >= 0.3 is 6.03 Å². The molecule has 3 amide bonds. The summed E-state index contributed by atoms with van der Waals surface area (Å²) in [5.74, 6) is 1.54. The minimum atomic E-state index is 0.0137. The van der Waals surface area contributed by atoms with Crippen LogP contribution in [0.25, 0.3) is 0 Å². The van der Waals surface area contributed by atoms with E-state index < -0.39 is 0 Å². The second kappa shape index (κ2) is 14.5. The number of hydrogen-bond donors (Lipinski definition) is 3. The maximum Gasteiger partial charge on any atom is 0.318 e. The highest BCUT2D eigenvalue weighted by Crippen LogP contribution is 2.28. The van der Waals surface area contributed by atoms with Gasteiger partial charge in [-0.25, -0.2) is 4.79 Å². The van der Waals surface area contributed by atoms with Gasteiger partial charge in [0.15, 0.2) is 5.96 Å². The summed E-state index contributed by atoms with van der Waals surface area (Å²) in [7, 11) is 0. The minimum Gasteiger partial charge on any atom is -0.356 e. The summed E-state index contributed by atoms with van der Waals surface area (Å²) in [6.07, 6.45) is 16.2. The van der Waals surface area contributed by atoms with Crippen LogP contribution in [0.15, 0.2) is 24.3 Å². The number of carbonyl (C=O) groups excluding carboxylic acids is 2. The number of carbonyl (C=O) groups is 2. The van der Waals surface area contributed by atoms with Crippen LogP contribution in [0.2, 0.25) is 0 Å². The van der Waals surface area contributed by atoms with Crippen molar-refractivity contribution in [3.05, 3.63) is 35.4 Å². The molecule has 1 aliphatic heterocycles. The first-order valence-corrected chi connectivity index (χ1v) is 15.3. The van der Waals surface area contributed by atoms with Gasteiger partial charge in [0.2, 0.25) is 5.91 Å². The monoisotopic (exact) mass is 523 g/mol. The van der Waals surface area contributed by atoms with Crippen molar-refractivity contribution < 1.29 is 9.59 Å². The Labute approximate surface area is 229 Å². The molecule has 0 aromatic heterocycles. The Morgan fingerprint density at radius 2 is 1.61 bits per heavy atom. The second-order valence-electron chi connectivity index (χ2n) is 11.9. The van der Waals surface area contributed by atoms with Crippen molar-refractivity contribution >= 4 is 17.9 Å². The quantitative estimate of drug-likeness (QED) is 0.239. The Kier molecular flexibility index (Phi) is 10.9. The number of benzene rings is 1. The molecule has 0 bridgehead atoms. The highest BCUT2D eigenvalue weighted by molar-refractivity contribution is 5.95. The molecule has 7 nitrogen and oxygen atoms in total. The zero-order valence-electron chi connectivity index (χ0n) is 23.5. The molecule has 3 aliphatic rings. The molecule has 4 rings (SSSR count). The average molecular weight is 524 g/mol. The Morgan fingerprint density at radius 1 is 0.974 bits per heavy atom. The van der Waals surface area contributed by atoms with E-state index in [4.69, 9.17) is 5.41 Å². The molecule has 7 heteroatoms. The molecule has 3 N–H and O–H groups in total. The molecule has 0 unspecified atom stereocenters. The summed E-state index contributed by atoms with van der Waals surface area (Å²) in [5.41, 5.74) is 2.10. The van der Waals surface area contributed by atoms with Gasteiger partial charge in [-0.3, -0.25) is 15.1 Å². The van der Waals surface area contributed by atoms with E-state index in [0.29, 0.717) is 31.3 Å². The van der Waals surface area contributed by atoms with E-state index >= 15 is 0 Å². The second-order valence-corrected chi connectivity index (χ2v) is 11.9. The summed E-state index contributed by atoms with van der Waals surface area (Å²) in [6, 6.07) is 8.46. The third-order valence-corrected chi connectivity index (χ3v) is 8.77. The predicted molar refractivity (Wildman–Crippen MR) is 153 cm³/mol. The largest absolute Gasteiger partial charge is 0.356 e. The lowest BCUT2D eigenvalue weighted by molar-refractivity contribution is -0.128. The SMILES string of the molecule is CCC[C@H]1CN(Cc2ccc(CN(C(=N)NCC3CCCCC3)C(=O)CCC3CCCCC3)cc2)C(=O)N1. The van der Waals surface area contributed by atoms with E-state index in [0.717, 1.165) is 43.5 Å². The van der Waals surface area contributed by atoms with Crippen LogP contribution in [0.3, 0.4) is 0 Å². The van der Waals surface area contributed by atoms with Crippen molar-refractivity contribution in [2.24, 2.45) is 11.8 Å². The average Bonchev–Trinajstić information content (AvgIpc) is 3.29. The first-order chi connectivity index (χ1) is 18.5. The number of guanidine groups is 1. The fourth-order valence-electron chi connectivity index (χ4n) is 6.42. The van der Waals surface area contributed by atoms with E-state index in [-0.39, 0.29) is 23.9 Å². The maximum absolute atomic E-state index is 13.4. The third kappa shape index (κ3) is 8.47. The molecule has 38 heavy (non-hydrogen) atoms. The summed E-state index contributed by atoms with van der Waals surface area (Å²) in [5, 5.41) is 15.2. The van der Waals surface area contributed by atoms with Gasteiger partial charge in [-0.05, 0) is 48.6 Å². The van der Waals surface area contributed by atoms with Crippen molar-refractivity contribution in [2.45, 2.75) is 116 Å². The molecule has 2 saturated carbocycles. The fourth-order valence-corrected chi connectivity index (χ4v) is 6.42. The van der Waals surface area contributed by atoms with E-state index in [9.17, 15) is 9.59 Å². The normalized spacial score (nSPS) is 20.8. The molecule has 1 aromatic rings. The highest BCUT2D eigenvalue weighted by atomic mass is 16.2. The number of nitrogens with one attached hydrogen (secondary N) is 3. The van der Waals surface area contributed by atoms with Crippen LogP contribution in [0.5, 0.6) is 0 Å². The lowest BCUT2D eigenvalue weighted by Gasteiger charge is -2.28. The predicted octanol–water partition coefficient (Wildman–Crippen LogP) is 6.17. The van der Waals surface area contributed by atoms with Crippen LogP contribution in [0.1, 0.15) is 108 Å². The Balaban J connectivity index is 1.35. The third-order valence-electron chi connectivity index (χ3n) is 8.77. The molecular formula is C31H49N5O2. The van der Waals surface area contributed by atoms with E-state index in [2.05, 4.69) is 29.7 Å².